The van der Waals surface area contributed by atoms with Crippen LogP contribution in [0.4, 0.5) is 0 Å². The van der Waals surface area contributed by atoms with Crippen LogP contribution < -0.4 is 0 Å². The van der Waals surface area contributed by atoms with Crippen molar-refractivity contribution in [2.24, 2.45) is 0 Å². The van der Waals surface area contributed by atoms with Gasteiger partial charge in [0.2, 0.25) is 0 Å². The number of fused-ring (bicyclic) bond motifs is 1. The van der Waals surface area contributed by atoms with Gasteiger partial charge in [-0.3, -0.25) is 4.79 Å². The first-order valence-corrected chi connectivity index (χ1v) is 10.5. The summed E-state index contributed by atoms with van der Waals surface area (Å²) in [6.45, 7) is 5.10. The average molecular weight is 418 g/mol. The summed E-state index contributed by atoms with van der Waals surface area (Å²) in [7, 11) is 0. The molecular formula is C26H24ClNO2. The van der Waals surface area contributed by atoms with E-state index in [1.54, 1.807) is 0 Å². The molecule has 0 aliphatic carbocycles. The maximum absolute atomic E-state index is 13.3. The summed E-state index contributed by atoms with van der Waals surface area (Å²) in [5.74, 6) is 0.0484. The molecule has 3 aromatic carbocycles. The van der Waals surface area contributed by atoms with Crippen molar-refractivity contribution in [3.05, 3.63) is 106 Å². The smallest absolute Gasteiger partial charge is 0.195 e. The molecule has 4 heteroatoms. The highest BCUT2D eigenvalue weighted by molar-refractivity contribution is 6.31. The number of hydrogen-bond acceptors (Lipinski definition) is 2. The molecule has 0 aliphatic rings. The van der Waals surface area contributed by atoms with Gasteiger partial charge in [0, 0.05) is 27.2 Å². The molecule has 0 saturated heterocycles. The van der Waals surface area contributed by atoms with E-state index in [0.717, 1.165) is 27.7 Å². The molecule has 152 valence electrons. The Kier molecular flexibility index (Phi) is 6.03. The molecule has 0 bridgehead atoms. The first-order valence-electron chi connectivity index (χ1n) is 10.1. The van der Waals surface area contributed by atoms with Crippen LogP contribution in [0.1, 0.15) is 40.1 Å². The molecule has 0 radical (unpaired) electrons. The van der Waals surface area contributed by atoms with Gasteiger partial charge in [-0.25, -0.2) is 0 Å². The zero-order chi connectivity index (χ0) is 21.1. The van der Waals surface area contributed by atoms with E-state index in [9.17, 15) is 4.79 Å². The Morgan fingerprint density at radius 3 is 2.40 bits per heavy atom. The standard InChI is InChI=1S/C26H24ClNO2/c1-18(16-30-17-21-12-6-8-14-23(21)27)28-19(2)25(22-13-7-9-15-24(22)28)26(29)20-10-4-3-5-11-20/h3-15,18H,16-17H2,1-2H3. The quantitative estimate of drug-likeness (QED) is 0.317. The summed E-state index contributed by atoms with van der Waals surface area (Å²) >= 11 is 6.23. The third-order valence-corrected chi connectivity index (χ3v) is 5.80. The number of para-hydroxylation sites is 1. The number of halogens is 1. The number of nitrogens with zero attached hydrogens (tertiary/aromatic N) is 1. The van der Waals surface area contributed by atoms with Crippen LogP contribution in [-0.2, 0) is 11.3 Å². The van der Waals surface area contributed by atoms with E-state index in [1.807, 2.05) is 79.7 Å². The van der Waals surface area contributed by atoms with Crippen LogP contribution in [0.15, 0.2) is 78.9 Å². The van der Waals surface area contributed by atoms with Crippen molar-refractivity contribution in [1.29, 1.82) is 0 Å². The molecule has 1 atom stereocenters. The Labute approximate surface area is 181 Å². The van der Waals surface area contributed by atoms with Gasteiger partial charge < -0.3 is 9.30 Å². The van der Waals surface area contributed by atoms with Crippen molar-refractivity contribution in [2.75, 3.05) is 6.61 Å². The van der Waals surface area contributed by atoms with Crippen molar-refractivity contribution < 1.29 is 9.53 Å². The molecule has 0 saturated carbocycles. The summed E-state index contributed by atoms with van der Waals surface area (Å²) in [6.07, 6.45) is 0. The van der Waals surface area contributed by atoms with E-state index in [1.165, 1.54) is 0 Å². The van der Waals surface area contributed by atoms with Crippen molar-refractivity contribution in [1.82, 2.24) is 4.57 Å². The van der Waals surface area contributed by atoms with E-state index in [2.05, 4.69) is 17.6 Å². The van der Waals surface area contributed by atoms with Crippen molar-refractivity contribution in [3.63, 3.8) is 0 Å². The van der Waals surface area contributed by atoms with Crippen molar-refractivity contribution in [3.8, 4) is 0 Å². The Morgan fingerprint density at radius 2 is 1.63 bits per heavy atom. The third-order valence-electron chi connectivity index (χ3n) is 5.43. The van der Waals surface area contributed by atoms with Gasteiger partial charge in [-0.15, -0.1) is 0 Å². The third kappa shape index (κ3) is 3.91. The SMILES string of the molecule is Cc1c(C(=O)c2ccccc2)c2ccccc2n1C(C)COCc1ccccc1Cl. The lowest BCUT2D eigenvalue weighted by atomic mass is 10.0. The summed E-state index contributed by atoms with van der Waals surface area (Å²) in [5.41, 5.74) is 4.43. The lowest BCUT2D eigenvalue weighted by molar-refractivity contribution is 0.0952. The van der Waals surface area contributed by atoms with Gasteiger partial charge >= 0.3 is 0 Å². The molecule has 0 amide bonds. The fraction of sp³-hybridized carbons (Fsp3) is 0.192. The Hall–Kier alpha value is -2.88. The zero-order valence-corrected chi connectivity index (χ0v) is 17.9. The molecule has 1 heterocycles. The Balaban J connectivity index is 1.63. The van der Waals surface area contributed by atoms with Gasteiger partial charge in [0.15, 0.2) is 5.78 Å². The first kappa shape index (κ1) is 20.4. The zero-order valence-electron chi connectivity index (χ0n) is 17.1. The van der Waals surface area contributed by atoms with Crippen LogP contribution in [0.5, 0.6) is 0 Å². The summed E-state index contributed by atoms with van der Waals surface area (Å²) in [4.78, 5) is 13.3. The predicted octanol–water partition coefficient (Wildman–Crippen LogP) is 6.61. The van der Waals surface area contributed by atoms with Crippen LogP contribution in [-0.4, -0.2) is 17.0 Å². The number of benzene rings is 3. The number of ketones is 1. The molecule has 0 fully saturated rings. The number of aromatic nitrogens is 1. The summed E-state index contributed by atoms with van der Waals surface area (Å²) in [6, 6.07) is 25.3. The highest BCUT2D eigenvalue weighted by atomic mass is 35.5. The molecule has 1 unspecified atom stereocenters. The van der Waals surface area contributed by atoms with Crippen LogP contribution in [0.25, 0.3) is 10.9 Å². The van der Waals surface area contributed by atoms with Crippen LogP contribution >= 0.6 is 11.6 Å². The molecule has 4 aromatic rings. The van der Waals surface area contributed by atoms with Crippen molar-refractivity contribution >= 4 is 28.3 Å². The van der Waals surface area contributed by atoms with E-state index in [-0.39, 0.29) is 11.8 Å². The molecule has 1 aromatic heterocycles. The normalized spacial score (nSPS) is 12.2. The van der Waals surface area contributed by atoms with Crippen LogP contribution in [0.2, 0.25) is 5.02 Å². The van der Waals surface area contributed by atoms with Gasteiger partial charge in [0.1, 0.15) is 0 Å². The maximum atomic E-state index is 13.3. The minimum Gasteiger partial charge on any atom is -0.375 e. The fourth-order valence-corrected chi connectivity index (χ4v) is 4.20. The lowest BCUT2D eigenvalue weighted by Crippen LogP contribution is -2.14. The fourth-order valence-electron chi connectivity index (χ4n) is 4.01. The van der Waals surface area contributed by atoms with Crippen molar-refractivity contribution in [2.45, 2.75) is 26.5 Å². The second-order valence-corrected chi connectivity index (χ2v) is 7.91. The van der Waals surface area contributed by atoms with Gasteiger partial charge in [-0.1, -0.05) is 78.3 Å². The molecule has 0 N–H and O–H groups in total. The predicted molar refractivity (Wildman–Crippen MR) is 122 cm³/mol. The summed E-state index contributed by atoms with van der Waals surface area (Å²) < 4.78 is 8.19. The second-order valence-electron chi connectivity index (χ2n) is 7.50. The Morgan fingerprint density at radius 1 is 0.967 bits per heavy atom. The summed E-state index contributed by atoms with van der Waals surface area (Å²) in [5, 5.41) is 1.69. The minimum atomic E-state index is 0.0484. The molecule has 3 nitrogen and oxygen atoms in total. The number of carbonyl (C=O) groups excluding carboxylic acids is 1. The highest BCUT2D eigenvalue weighted by Crippen LogP contribution is 2.31. The Bertz CT molecular complexity index is 1180. The van der Waals surface area contributed by atoms with Crippen LogP contribution in [0, 0.1) is 6.92 Å². The number of rotatable bonds is 7. The van der Waals surface area contributed by atoms with E-state index in [0.29, 0.717) is 23.8 Å². The van der Waals surface area contributed by atoms with E-state index >= 15 is 0 Å². The van der Waals surface area contributed by atoms with Crippen LogP contribution in [0.3, 0.4) is 0 Å². The van der Waals surface area contributed by atoms with Gasteiger partial charge in [0.05, 0.1) is 24.8 Å². The van der Waals surface area contributed by atoms with Gasteiger partial charge in [-0.2, -0.15) is 0 Å². The molecule has 4 rings (SSSR count). The molecule has 30 heavy (non-hydrogen) atoms. The van der Waals surface area contributed by atoms with E-state index in [4.69, 9.17) is 16.3 Å². The largest absolute Gasteiger partial charge is 0.375 e. The number of ether oxygens (including phenoxy) is 1. The second kappa shape index (κ2) is 8.86. The molecule has 0 aliphatic heterocycles. The van der Waals surface area contributed by atoms with Gasteiger partial charge in [-0.05, 0) is 31.5 Å². The first-order chi connectivity index (χ1) is 14.6. The lowest BCUT2D eigenvalue weighted by Gasteiger charge is -2.18. The topological polar surface area (TPSA) is 31.2 Å². The number of hydrogen-bond donors (Lipinski definition) is 0. The highest BCUT2D eigenvalue weighted by Gasteiger charge is 2.23. The average Bonchev–Trinajstić information content (AvgIpc) is 3.07. The maximum Gasteiger partial charge on any atom is 0.195 e. The molecule has 0 spiro atoms. The minimum absolute atomic E-state index is 0.0484. The van der Waals surface area contributed by atoms with E-state index < -0.39 is 0 Å². The van der Waals surface area contributed by atoms with Gasteiger partial charge in [0.25, 0.3) is 0 Å². The molecular weight excluding hydrogens is 394 g/mol. The number of carbonyl (C=O) groups is 1. The monoisotopic (exact) mass is 417 g/mol.